The lowest BCUT2D eigenvalue weighted by atomic mass is 10.0. The molecule has 0 radical (unpaired) electrons. The zero-order chi connectivity index (χ0) is 24.3. The fourth-order valence-corrected chi connectivity index (χ4v) is 3.98. The number of allylic oxidation sites excluding steroid dienone is 2. The van der Waals surface area contributed by atoms with Gasteiger partial charge in [-0.25, -0.2) is 8.78 Å². The Morgan fingerprint density at radius 3 is 2.68 bits per heavy atom. The summed E-state index contributed by atoms with van der Waals surface area (Å²) in [5.41, 5.74) is 1.98. The number of pyridine rings is 1. The van der Waals surface area contributed by atoms with Gasteiger partial charge in [-0.1, -0.05) is 56.2 Å². The molecule has 1 heterocycles. The summed E-state index contributed by atoms with van der Waals surface area (Å²) in [6.45, 7) is 8.84. The van der Waals surface area contributed by atoms with Crippen LogP contribution in [0, 0.1) is 11.6 Å². The largest absolute Gasteiger partial charge is 0.379 e. The van der Waals surface area contributed by atoms with Crippen molar-refractivity contribution in [3.63, 3.8) is 0 Å². The minimum Gasteiger partial charge on any atom is -0.379 e. The van der Waals surface area contributed by atoms with Gasteiger partial charge in [0.15, 0.2) is 11.6 Å². The molecule has 0 aliphatic carbocycles. The second-order valence-electron chi connectivity index (χ2n) is 8.80. The van der Waals surface area contributed by atoms with Crippen LogP contribution in [0.2, 0.25) is 0 Å². The average Bonchev–Trinajstić information content (AvgIpc) is 2.84. The van der Waals surface area contributed by atoms with Crippen LogP contribution >= 0.6 is 0 Å². The molecule has 0 spiro atoms. The van der Waals surface area contributed by atoms with Gasteiger partial charge in [-0.2, -0.15) is 0 Å². The van der Waals surface area contributed by atoms with E-state index < -0.39 is 11.6 Å². The molecule has 1 atom stereocenters. The van der Waals surface area contributed by atoms with Crippen molar-refractivity contribution in [2.75, 3.05) is 6.61 Å². The highest BCUT2D eigenvalue weighted by Crippen LogP contribution is 2.28. The number of nitrogens with zero attached hydrogens (tertiary/aromatic N) is 1. The number of halogens is 2. The van der Waals surface area contributed by atoms with Crippen LogP contribution < -0.4 is 0 Å². The molecule has 3 rings (SSSR count). The normalized spacial score (nSPS) is 12.5. The maximum atomic E-state index is 14.9. The maximum absolute atomic E-state index is 14.9. The molecule has 0 aliphatic rings. The molecule has 4 heteroatoms. The predicted octanol–water partition coefficient (Wildman–Crippen LogP) is 8.69. The van der Waals surface area contributed by atoms with Crippen molar-refractivity contribution in [1.82, 2.24) is 4.98 Å². The Kier molecular flexibility index (Phi) is 9.96. The van der Waals surface area contributed by atoms with Crippen molar-refractivity contribution in [1.29, 1.82) is 0 Å². The number of rotatable bonds is 13. The number of unbranched alkanes of at least 4 members (excludes halogenated alkanes) is 3. The molecule has 2 nitrogen and oxygen atoms in total. The quantitative estimate of drug-likeness (QED) is 0.187. The molecule has 0 bridgehead atoms. The third-order valence-corrected chi connectivity index (χ3v) is 5.98. The minimum atomic E-state index is -0.869. The van der Waals surface area contributed by atoms with Crippen molar-refractivity contribution >= 4 is 16.8 Å². The molecule has 0 N–H and O–H groups in total. The van der Waals surface area contributed by atoms with Crippen LogP contribution in [-0.2, 0) is 11.2 Å². The van der Waals surface area contributed by atoms with Crippen molar-refractivity contribution < 1.29 is 13.5 Å². The summed E-state index contributed by atoms with van der Waals surface area (Å²) in [7, 11) is 0. The highest BCUT2D eigenvalue weighted by atomic mass is 19.2. The predicted molar refractivity (Wildman–Crippen MR) is 139 cm³/mol. The molecule has 0 amide bonds. The van der Waals surface area contributed by atoms with Crippen LogP contribution in [0.3, 0.4) is 0 Å². The minimum absolute atomic E-state index is 0.167. The average molecular weight is 464 g/mol. The lowest BCUT2D eigenvalue weighted by Gasteiger charge is -2.12. The molecule has 1 aromatic heterocycles. The lowest BCUT2D eigenvalue weighted by Crippen LogP contribution is -2.08. The fraction of sp³-hybridized carbons (Fsp3) is 0.367. The van der Waals surface area contributed by atoms with Crippen molar-refractivity contribution in [2.24, 2.45) is 0 Å². The summed E-state index contributed by atoms with van der Waals surface area (Å²) >= 11 is 0. The Balaban J connectivity index is 1.61. The molecule has 34 heavy (non-hydrogen) atoms. The van der Waals surface area contributed by atoms with Gasteiger partial charge in [-0.3, -0.25) is 4.98 Å². The van der Waals surface area contributed by atoms with E-state index in [2.05, 4.69) is 25.4 Å². The summed E-state index contributed by atoms with van der Waals surface area (Å²) in [6, 6.07) is 11.0. The molecule has 3 aromatic rings. The van der Waals surface area contributed by atoms with Crippen LogP contribution in [-0.4, -0.2) is 17.7 Å². The first-order chi connectivity index (χ1) is 16.5. The smallest absolute Gasteiger partial charge is 0.168 e. The van der Waals surface area contributed by atoms with Gasteiger partial charge in [0, 0.05) is 29.3 Å². The van der Waals surface area contributed by atoms with E-state index in [1.807, 2.05) is 30.4 Å². The van der Waals surface area contributed by atoms with Gasteiger partial charge in [-0.05, 0) is 68.2 Å². The monoisotopic (exact) mass is 463 g/mol. The molecule has 0 saturated carbocycles. The summed E-state index contributed by atoms with van der Waals surface area (Å²) in [4.78, 5) is 4.38. The van der Waals surface area contributed by atoms with E-state index in [0.29, 0.717) is 5.69 Å². The number of benzene rings is 2. The maximum Gasteiger partial charge on any atom is 0.168 e. The Morgan fingerprint density at radius 2 is 1.88 bits per heavy atom. The first-order valence-corrected chi connectivity index (χ1v) is 12.3. The number of ether oxygens (including phenoxy) is 1. The first kappa shape index (κ1) is 25.8. The SMILES string of the molecule is C=CCc1ccc2cc(-c3ccc(/C=C/CCCC(C)OCCCCC)c(F)c3F)ncc2c1. The molecule has 1 unspecified atom stereocenters. The van der Waals surface area contributed by atoms with Gasteiger partial charge in [0.05, 0.1) is 11.8 Å². The molecular weight excluding hydrogens is 428 g/mol. The fourth-order valence-electron chi connectivity index (χ4n) is 3.98. The Morgan fingerprint density at radius 1 is 1.03 bits per heavy atom. The zero-order valence-electron chi connectivity index (χ0n) is 20.3. The third kappa shape index (κ3) is 7.07. The van der Waals surface area contributed by atoms with Crippen LogP contribution in [0.15, 0.2) is 61.3 Å². The van der Waals surface area contributed by atoms with Crippen molar-refractivity contribution in [3.8, 4) is 11.3 Å². The number of fused-ring (bicyclic) bond motifs is 1. The van der Waals surface area contributed by atoms with Crippen molar-refractivity contribution in [3.05, 3.63) is 84.1 Å². The highest BCUT2D eigenvalue weighted by Gasteiger charge is 2.15. The molecule has 0 fully saturated rings. The summed E-state index contributed by atoms with van der Waals surface area (Å²) in [5.74, 6) is -1.71. The van der Waals surface area contributed by atoms with Gasteiger partial charge in [0.25, 0.3) is 0 Å². The van der Waals surface area contributed by atoms with E-state index in [9.17, 15) is 8.78 Å². The second-order valence-corrected chi connectivity index (χ2v) is 8.80. The van der Waals surface area contributed by atoms with E-state index >= 15 is 0 Å². The van der Waals surface area contributed by atoms with E-state index in [4.69, 9.17) is 4.74 Å². The Bertz CT molecular complexity index is 1120. The van der Waals surface area contributed by atoms with Crippen molar-refractivity contribution in [2.45, 2.75) is 64.9 Å². The molecule has 180 valence electrons. The lowest BCUT2D eigenvalue weighted by molar-refractivity contribution is 0.0566. The van der Waals surface area contributed by atoms with Gasteiger partial charge in [0.1, 0.15) is 0 Å². The number of hydrogen-bond donors (Lipinski definition) is 0. The second kappa shape index (κ2) is 13.1. The standard InChI is InChI=1S/C30H35F2NO/c1-4-6-10-18-34-22(3)12-8-7-9-13-24-16-17-27(30(32)29(24)31)28-20-25-15-14-23(11-5-2)19-26(25)21-33-28/h5,9,13-17,19-22H,2,4,6-8,10-12,18H2,1,3H3/b13-9+. The van der Waals surface area contributed by atoms with E-state index in [0.717, 1.165) is 55.0 Å². The van der Waals surface area contributed by atoms with Crippen LogP contribution in [0.4, 0.5) is 8.78 Å². The third-order valence-electron chi connectivity index (χ3n) is 5.98. The summed E-state index contributed by atoms with van der Waals surface area (Å²) in [6.07, 6.45) is 14.3. The highest BCUT2D eigenvalue weighted by molar-refractivity contribution is 5.86. The summed E-state index contributed by atoms with van der Waals surface area (Å²) in [5, 5.41) is 1.90. The van der Waals surface area contributed by atoms with E-state index in [1.54, 1.807) is 30.5 Å². The van der Waals surface area contributed by atoms with Gasteiger partial charge in [0.2, 0.25) is 0 Å². The van der Waals surface area contributed by atoms with Gasteiger partial charge in [-0.15, -0.1) is 6.58 Å². The first-order valence-electron chi connectivity index (χ1n) is 12.3. The Hall–Kier alpha value is -2.85. The van der Waals surface area contributed by atoms with Gasteiger partial charge >= 0.3 is 0 Å². The van der Waals surface area contributed by atoms with Crippen LogP contribution in [0.25, 0.3) is 28.1 Å². The van der Waals surface area contributed by atoms with E-state index in [1.165, 1.54) is 12.8 Å². The van der Waals surface area contributed by atoms with Gasteiger partial charge < -0.3 is 4.74 Å². The molecule has 2 aromatic carbocycles. The molecular formula is C30H35F2NO. The summed E-state index contributed by atoms with van der Waals surface area (Å²) < 4.78 is 35.4. The Labute approximate surface area is 202 Å². The number of aromatic nitrogens is 1. The van der Waals surface area contributed by atoms with Crippen LogP contribution in [0.5, 0.6) is 0 Å². The van der Waals surface area contributed by atoms with E-state index in [-0.39, 0.29) is 17.2 Å². The number of hydrogen-bond acceptors (Lipinski definition) is 2. The molecule has 0 saturated heterocycles. The zero-order valence-corrected chi connectivity index (χ0v) is 20.3. The topological polar surface area (TPSA) is 22.1 Å². The molecule has 0 aliphatic heterocycles. The van der Waals surface area contributed by atoms with Crippen LogP contribution in [0.1, 0.15) is 63.5 Å².